The van der Waals surface area contributed by atoms with E-state index in [-0.39, 0.29) is 24.2 Å². The van der Waals surface area contributed by atoms with Crippen molar-refractivity contribution in [2.75, 3.05) is 19.7 Å². The van der Waals surface area contributed by atoms with E-state index in [1.54, 1.807) is 0 Å². The third-order valence-corrected chi connectivity index (χ3v) is 3.10. The maximum atomic E-state index is 11.7. The number of halogens is 1. The minimum atomic E-state index is 0. The van der Waals surface area contributed by atoms with Gasteiger partial charge in [0.05, 0.1) is 12.5 Å². The highest BCUT2D eigenvalue weighted by atomic mass is 35.5. The number of amides is 1. The molecule has 0 aromatic heterocycles. The van der Waals surface area contributed by atoms with Crippen molar-refractivity contribution in [3.8, 4) is 5.75 Å². The lowest BCUT2D eigenvalue weighted by Crippen LogP contribution is -2.50. The molecule has 1 heterocycles. The maximum absolute atomic E-state index is 11.7. The Kier molecular flexibility index (Phi) is 6.82. The molecule has 0 atom stereocenters. The molecule has 112 valence electrons. The molecule has 5 heteroatoms. The number of hydrogen-bond acceptors (Lipinski definition) is 3. The second kappa shape index (κ2) is 8.12. The van der Waals surface area contributed by atoms with Gasteiger partial charge in [-0.25, -0.2) is 0 Å². The van der Waals surface area contributed by atoms with E-state index in [9.17, 15) is 4.79 Å². The number of carbonyl (C=O) groups is 1. The number of benzene rings is 1. The van der Waals surface area contributed by atoms with Crippen molar-refractivity contribution in [2.24, 2.45) is 11.8 Å². The molecule has 1 amide bonds. The molecular weight excluding hydrogens is 276 g/mol. The Morgan fingerprint density at radius 1 is 1.45 bits per heavy atom. The topological polar surface area (TPSA) is 50.4 Å². The van der Waals surface area contributed by atoms with Crippen LogP contribution in [0.4, 0.5) is 0 Å². The predicted molar refractivity (Wildman–Crippen MR) is 82.2 cm³/mol. The van der Waals surface area contributed by atoms with Crippen LogP contribution in [0.3, 0.4) is 0 Å². The molecule has 0 bridgehead atoms. The molecule has 0 aliphatic carbocycles. The van der Waals surface area contributed by atoms with Gasteiger partial charge in [-0.2, -0.15) is 0 Å². The van der Waals surface area contributed by atoms with E-state index in [0.717, 1.165) is 24.4 Å². The van der Waals surface area contributed by atoms with Gasteiger partial charge in [-0.1, -0.05) is 26.0 Å². The fourth-order valence-electron chi connectivity index (χ4n) is 1.82. The van der Waals surface area contributed by atoms with Crippen molar-refractivity contribution in [2.45, 2.75) is 20.4 Å². The number of hydrogen-bond donors (Lipinski definition) is 2. The predicted octanol–water partition coefficient (Wildman–Crippen LogP) is 1.98. The van der Waals surface area contributed by atoms with E-state index in [2.05, 4.69) is 24.5 Å². The first-order valence-corrected chi connectivity index (χ1v) is 6.85. The average molecular weight is 299 g/mol. The first-order valence-electron chi connectivity index (χ1n) is 6.85. The van der Waals surface area contributed by atoms with Crippen LogP contribution in [0.15, 0.2) is 24.3 Å². The highest BCUT2D eigenvalue weighted by molar-refractivity contribution is 5.85. The molecule has 1 fully saturated rings. The molecule has 1 aliphatic heterocycles. The molecule has 0 spiro atoms. The van der Waals surface area contributed by atoms with Crippen molar-refractivity contribution in [3.63, 3.8) is 0 Å². The summed E-state index contributed by atoms with van der Waals surface area (Å²) in [4.78, 5) is 11.7. The molecule has 0 unspecified atom stereocenters. The summed E-state index contributed by atoms with van der Waals surface area (Å²) in [5, 5.41) is 6.05. The van der Waals surface area contributed by atoms with Gasteiger partial charge < -0.3 is 15.4 Å². The summed E-state index contributed by atoms with van der Waals surface area (Å²) < 4.78 is 5.67. The first-order chi connectivity index (χ1) is 9.15. The summed E-state index contributed by atoms with van der Waals surface area (Å²) >= 11 is 0. The Morgan fingerprint density at radius 2 is 2.20 bits per heavy atom. The maximum Gasteiger partial charge on any atom is 0.225 e. The lowest BCUT2D eigenvalue weighted by Gasteiger charge is -2.25. The molecule has 0 saturated carbocycles. The van der Waals surface area contributed by atoms with Crippen LogP contribution < -0.4 is 15.4 Å². The molecule has 1 aromatic carbocycles. The summed E-state index contributed by atoms with van der Waals surface area (Å²) in [5.74, 6) is 1.65. The standard InChI is InChI=1S/C15H22N2O2.ClH/c1-11(2)10-19-14-5-3-4-12(6-14)7-17-15(18)13-8-16-9-13;/h3-6,11,13,16H,7-10H2,1-2H3,(H,17,18);1H. The molecular formula is C15H23ClN2O2. The molecule has 2 N–H and O–H groups in total. The van der Waals surface area contributed by atoms with E-state index in [0.29, 0.717) is 19.1 Å². The van der Waals surface area contributed by atoms with Gasteiger partial charge in [0.25, 0.3) is 0 Å². The van der Waals surface area contributed by atoms with E-state index in [1.165, 1.54) is 0 Å². The van der Waals surface area contributed by atoms with E-state index in [1.807, 2.05) is 24.3 Å². The van der Waals surface area contributed by atoms with Crippen LogP contribution in [0.2, 0.25) is 0 Å². The summed E-state index contributed by atoms with van der Waals surface area (Å²) in [6.45, 7) is 7.11. The molecule has 2 rings (SSSR count). The molecule has 1 aliphatic rings. The summed E-state index contributed by atoms with van der Waals surface area (Å²) in [6, 6.07) is 7.90. The van der Waals surface area contributed by atoms with Gasteiger partial charge in [0, 0.05) is 19.6 Å². The van der Waals surface area contributed by atoms with Gasteiger partial charge >= 0.3 is 0 Å². The third kappa shape index (κ3) is 5.02. The van der Waals surface area contributed by atoms with Gasteiger partial charge in [-0.15, -0.1) is 12.4 Å². The SMILES string of the molecule is CC(C)COc1cccc(CNC(=O)C2CNC2)c1.Cl. The smallest absolute Gasteiger partial charge is 0.225 e. The van der Waals surface area contributed by atoms with Gasteiger partial charge in [-0.05, 0) is 23.6 Å². The van der Waals surface area contributed by atoms with E-state index >= 15 is 0 Å². The fourth-order valence-corrected chi connectivity index (χ4v) is 1.82. The summed E-state index contributed by atoms with van der Waals surface area (Å²) in [6.07, 6.45) is 0. The second-order valence-corrected chi connectivity index (χ2v) is 5.43. The zero-order chi connectivity index (χ0) is 13.7. The van der Waals surface area contributed by atoms with Gasteiger partial charge in [-0.3, -0.25) is 4.79 Å². The molecule has 1 aromatic rings. The lowest BCUT2D eigenvalue weighted by molar-refractivity contribution is -0.126. The van der Waals surface area contributed by atoms with Crippen LogP contribution in [-0.2, 0) is 11.3 Å². The molecule has 1 saturated heterocycles. The van der Waals surface area contributed by atoms with Crippen LogP contribution in [0.5, 0.6) is 5.75 Å². The Hall–Kier alpha value is -1.26. The number of rotatable bonds is 6. The summed E-state index contributed by atoms with van der Waals surface area (Å²) in [5.41, 5.74) is 1.07. The van der Waals surface area contributed by atoms with Crippen molar-refractivity contribution in [1.82, 2.24) is 10.6 Å². The highest BCUT2D eigenvalue weighted by Crippen LogP contribution is 2.14. The Labute approximate surface area is 126 Å². The lowest BCUT2D eigenvalue weighted by atomic mass is 10.0. The zero-order valence-corrected chi connectivity index (χ0v) is 12.8. The Morgan fingerprint density at radius 3 is 2.80 bits per heavy atom. The van der Waals surface area contributed by atoms with Gasteiger partial charge in [0.15, 0.2) is 0 Å². The minimum Gasteiger partial charge on any atom is -0.493 e. The number of ether oxygens (including phenoxy) is 1. The van der Waals surface area contributed by atoms with Gasteiger partial charge in [0.2, 0.25) is 5.91 Å². The fraction of sp³-hybridized carbons (Fsp3) is 0.533. The Bertz CT molecular complexity index is 434. The highest BCUT2D eigenvalue weighted by Gasteiger charge is 2.24. The molecule has 4 nitrogen and oxygen atoms in total. The third-order valence-electron chi connectivity index (χ3n) is 3.10. The van der Waals surface area contributed by atoms with Crippen LogP contribution in [0.1, 0.15) is 19.4 Å². The van der Waals surface area contributed by atoms with Crippen molar-refractivity contribution in [3.05, 3.63) is 29.8 Å². The quantitative estimate of drug-likeness (QED) is 0.844. The van der Waals surface area contributed by atoms with Crippen LogP contribution in [-0.4, -0.2) is 25.6 Å². The zero-order valence-electron chi connectivity index (χ0n) is 12.0. The van der Waals surface area contributed by atoms with E-state index in [4.69, 9.17) is 4.74 Å². The normalized spacial score (nSPS) is 14.3. The largest absolute Gasteiger partial charge is 0.493 e. The van der Waals surface area contributed by atoms with Crippen LogP contribution >= 0.6 is 12.4 Å². The second-order valence-electron chi connectivity index (χ2n) is 5.43. The van der Waals surface area contributed by atoms with Crippen LogP contribution in [0, 0.1) is 11.8 Å². The first kappa shape index (κ1) is 16.8. The number of nitrogens with one attached hydrogen (secondary N) is 2. The monoisotopic (exact) mass is 298 g/mol. The van der Waals surface area contributed by atoms with E-state index < -0.39 is 0 Å². The summed E-state index contributed by atoms with van der Waals surface area (Å²) in [7, 11) is 0. The molecule has 20 heavy (non-hydrogen) atoms. The molecule has 0 radical (unpaired) electrons. The van der Waals surface area contributed by atoms with Crippen molar-refractivity contribution >= 4 is 18.3 Å². The van der Waals surface area contributed by atoms with Crippen LogP contribution in [0.25, 0.3) is 0 Å². The van der Waals surface area contributed by atoms with Gasteiger partial charge in [0.1, 0.15) is 5.75 Å². The minimum absolute atomic E-state index is 0. The van der Waals surface area contributed by atoms with Crippen molar-refractivity contribution in [1.29, 1.82) is 0 Å². The average Bonchev–Trinajstić information content (AvgIpc) is 2.32. The Balaban J connectivity index is 0.00000200. The van der Waals surface area contributed by atoms with Crippen molar-refractivity contribution < 1.29 is 9.53 Å². The number of carbonyl (C=O) groups excluding carboxylic acids is 1.